The van der Waals surface area contributed by atoms with Gasteiger partial charge in [0, 0.05) is 12.1 Å². The average molecular weight is 349 g/mol. The van der Waals surface area contributed by atoms with Crippen molar-refractivity contribution in [1.82, 2.24) is 4.98 Å². The Hall–Kier alpha value is -2.86. The molecule has 0 fully saturated rings. The highest BCUT2D eigenvalue weighted by Crippen LogP contribution is 2.30. The Balaban J connectivity index is 2.18. The van der Waals surface area contributed by atoms with Crippen LogP contribution in [0.3, 0.4) is 0 Å². The molecule has 0 aliphatic heterocycles. The van der Waals surface area contributed by atoms with Crippen LogP contribution < -0.4 is 16.8 Å². The molecule has 24 heavy (non-hydrogen) atoms. The van der Waals surface area contributed by atoms with Gasteiger partial charge in [-0.05, 0) is 19.1 Å². The summed E-state index contributed by atoms with van der Waals surface area (Å²) in [5.41, 5.74) is 11.3. The summed E-state index contributed by atoms with van der Waals surface area (Å²) in [5, 5.41) is 10.9. The standard InChI is InChI=1S/C15H13F2N5OS/c1-7(14(23)21-12-4-8(16)2-3-10(12)17)24-15-9(6-18)11(19)5-13(20)22-15/h2-5,7H,1H3,(H,21,23)(H4,19,20,22). The molecular formula is C15H13F2N5OS. The van der Waals surface area contributed by atoms with Crippen molar-refractivity contribution in [2.45, 2.75) is 17.2 Å². The largest absolute Gasteiger partial charge is 0.397 e. The number of hydrogen-bond acceptors (Lipinski definition) is 6. The van der Waals surface area contributed by atoms with Gasteiger partial charge < -0.3 is 16.8 Å². The second-order valence-electron chi connectivity index (χ2n) is 4.80. The molecule has 0 bridgehead atoms. The minimum Gasteiger partial charge on any atom is -0.397 e. The summed E-state index contributed by atoms with van der Waals surface area (Å²) in [5.74, 6) is -1.91. The summed E-state index contributed by atoms with van der Waals surface area (Å²) < 4.78 is 26.7. The van der Waals surface area contributed by atoms with Crippen LogP contribution in [0.15, 0.2) is 29.3 Å². The fourth-order valence-corrected chi connectivity index (χ4v) is 2.75. The summed E-state index contributed by atoms with van der Waals surface area (Å²) >= 11 is 0.939. The van der Waals surface area contributed by atoms with E-state index < -0.39 is 22.8 Å². The van der Waals surface area contributed by atoms with Crippen LogP contribution in [0.25, 0.3) is 0 Å². The number of hydrogen-bond donors (Lipinski definition) is 3. The SMILES string of the molecule is CC(Sc1nc(N)cc(N)c1C#N)C(=O)Nc1cc(F)ccc1F. The highest BCUT2D eigenvalue weighted by Gasteiger charge is 2.20. The van der Waals surface area contributed by atoms with Crippen LogP contribution in [0, 0.1) is 23.0 Å². The van der Waals surface area contributed by atoms with Gasteiger partial charge >= 0.3 is 0 Å². The third-order valence-electron chi connectivity index (χ3n) is 2.99. The number of amides is 1. The number of nitriles is 1. The number of rotatable bonds is 4. The van der Waals surface area contributed by atoms with E-state index in [0.29, 0.717) is 0 Å². The molecular weight excluding hydrogens is 336 g/mol. The summed E-state index contributed by atoms with van der Waals surface area (Å²) in [7, 11) is 0. The monoisotopic (exact) mass is 349 g/mol. The smallest absolute Gasteiger partial charge is 0.237 e. The van der Waals surface area contributed by atoms with E-state index in [2.05, 4.69) is 10.3 Å². The van der Waals surface area contributed by atoms with Crippen molar-refractivity contribution in [1.29, 1.82) is 5.26 Å². The number of pyridine rings is 1. The van der Waals surface area contributed by atoms with Gasteiger partial charge in [-0.2, -0.15) is 5.26 Å². The maximum absolute atomic E-state index is 13.6. The summed E-state index contributed by atoms with van der Waals surface area (Å²) in [6.45, 7) is 1.53. The number of carbonyl (C=O) groups excluding carboxylic acids is 1. The number of halogens is 2. The molecule has 0 saturated heterocycles. The Morgan fingerprint density at radius 3 is 2.75 bits per heavy atom. The number of nitrogens with one attached hydrogen (secondary N) is 1. The molecule has 0 spiro atoms. The molecule has 9 heteroatoms. The molecule has 1 heterocycles. The van der Waals surface area contributed by atoms with Gasteiger partial charge in [0.05, 0.1) is 16.6 Å². The van der Waals surface area contributed by atoms with Crippen LogP contribution in [0.2, 0.25) is 0 Å². The number of anilines is 3. The Kier molecular flexibility index (Phi) is 5.21. The second kappa shape index (κ2) is 7.14. The van der Waals surface area contributed by atoms with Crippen LogP contribution in [-0.2, 0) is 4.79 Å². The quantitative estimate of drug-likeness (QED) is 0.730. The first-order chi connectivity index (χ1) is 11.3. The zero-order valence-electron chi connectivity index (χ0n) is 12.5. The molecule has 5 N–H and O–H groups in total. The molecule has 0 aliphatic rings. The Morgan fingerprint density at radius 1 is 1.38 bits per heavy atom. The van der Waals surface area contributed by atoms with Gasteiger partial charge in [-0.3, -0.25) is 4.79 Å². The van der Waals surface area contributed by atoms with Crippen molar-refractivity contribution in [3.8, 4) is 6.07 Å². The maximum Gasteiger partial charge on any atom is 0.237 e. The van der Waals surface area contributed by atoms with E-state index >= 15 is 0 Å². The lowest BCUT2D eigenvalue weighted by Gasteiger charge is -2.13. The molecule has 0 radical (unpaired) electrons. The van der Waals surface area contributed by atoms with Crippen molar-refractivity contribution in [2.24, 2.45) is 0 Å². The minimum atomic E-state index is -0.758. The summed E-state index contributed by atoms with van der Waals surface area (Å²) in [4.78, 5) is 16.1. The molecule has 1 unspecified atom stereocenters. The zero-order chi connectivity index (χ0) is 17.9. The van der Waals surface area contributed by atoms with Gasteiger partial charge in [0.1, 0.15) is 34.1 Å². The van der Waals surface area contributed by atoms with Gasteiger partial charge in [0.25, 0.3) is 0 Å². The number of nitrogens with two attached hydrogens (primary N) is 2. The zero-order valence-corrected chi connectivity index (χ0v) is 13.3. The molecule has 1 atom stereocenters. The van der Waals surface area contributed by atoms with Gasteiger partial charge in [-0.25, -0.2) is 13.8 Å². The lowest BCUT2D eigenvalue weighted by Crippen LogP contribution is -2.23. The number of aromatic nitrogens is 1. The number of thioether (sulfide) groups is 1. The van der Waals surface area contributed by atoms with Crippen LogP contribution in [0.5, 0.6) is 0 Å². The van der Waals surface area contributed by atoms with Crippen LogP contribution in [0.4, 0.5) is 26.0 Å². The topological polar surface area (TPSA) is 118 Å². The van der Waals surface area contributed by atoms with Gasteiger partial charge in [0.2, 0.25) is 5.91 Å². The Bertz CT molecular complexity index is 837. The molecule has 2 aromatic rings. The van der Waals surface area contributed by atoms with Gasteiger partial charge in [0.15, 0.2) is 0 Å². The highest BCUT2D eigenvalue weighted by atomic mass is 32.2. The van der Waals surface area contributed by atoms with Crippen molar-refractivity contribution >= 4 is 34.9 Å². The molecule has 0 aliphatic carbocycles. The number of benzene rings is 1. The van der Waals surface area contributed by atoms with Crippen molar-refractivity contribution in [3.63, 3.8) is 0 Å². The van der Waals surface area contributed by atoms with E-state index in [1.54, 1.807) is 0 Å². The number of nitrogens with zero attached hydrogens (tertiary/aromatic N) is 2. The lowest BCUT2D eigenvalue weighted by atomic mass is 10.2. The van der Waals surface area contributed by atoms with Crippen molar-refractivity contribution in [2.75, 3.05) is 16.8 Å². The van der Waals surface area contributed by atoms with Crippen LogP contribution in [0.1, 0.15) is 12.5 Å². The minimum absolute atomic E-state index is 0.103. The predicted molar refractivity (Wildman–Crippen MR) is 88.1 cm³/mol. The Morgan fingerprint density at radius 2 is 2.08 bits per heavy atom. The molecule has 0 saturated carbocycles. The first kappa shape index (κ1) is 17.5. The predicted octanol–water partition coefficient (Wildman–Crippen LogP) is 2.52. The number of nitrogen functional groups attached to an aromatic ring is 2. The molecule has 1 amide bonds. The van der Waals surface area contributed by atoms with E-state index in [4.69, 9.17) is 16.7 Å². The van der Waals surface area contributed by atoms with E-state index in [9.17, 15) is 13.6 Å². The average Bonchev–Trinajstić information content (AvgIpc) is 2.50. The normalized spacial score (nSPS) is 11.6. The third kappa shape index (κ3) is 3.91. The molecule has 2 rings (SSSR count). The lowest BCUT2D eigenvalue weighted by molar-refractivity contribution is -0.115. The van der Waals surface area contributed by atoms with Crippen molar-refractivity contribution < 1.29 is 13.6 Å². The Labute approximate surface area is 140 Å². The van der Waals surface area contributed by atoms with E-state index in [1.807, 2.05) is 6.07 Å². The first-order valence-electron chi connectivity index (χ1n) is 6.70. The summed E-state index contributed by atoms with van der Waals surface area (Å²) in [6, 6.07) is 5.98. The van der Waals surface area contributed by atoms with Gasteiger partial charge in [-0.15, -0.1) is 0 Å². The third-order valence-corrected chi connectivity index (χ3v) is 4.08. The van der Waals surface area contributed by atoms with E-state index in [0.717, 1.165) is 30.0 Å². The van der Waals surface area contributed by atoms with Crippen LogP contribution in [-0.4, -0.2) is 16.1 Å². The summed E-state index contributed by atoms with van der Waals surface area (Å²) in [6.07, 6.45) is 0. The fourth-order valence-electron chi connectivity index (χ4n) is 1.81. The van der Waals surface area contributed by atoms with Gasteiger partial charge in [-0.1, -0.05) is 11.8 Å². The maximum atomic E-state index is 13.6. The van der Waals surface area contributed by atoms with E-state index in [1.165, 1.54) is 13.0 Å². The molecule has 1 aromatic carbocycles. The molecule has 1 aromatic heterocycles. The molecule has 124 valence electrons. The van der Waals surface area contributed by atoms with Crippen LogP contribution >= 0.6 is 11.8 Å². The molecule has 6 nitrogen and oxygen atoms in total. The number of carbonyl (C=O) groups is 1. The second-order valence-corrected chi connectivity index (χ2v) is 6.13. The fraction of sp³-hybridized carbons (Fsp3) is 0.133. The van der Waals surface area contributed by atoms with E-state index in [-0.39, 0.29) is 27.8 Å². The first-order valence-corrected chi connectivity index (χ1v) is 7.58. The van der Waals surface area contributed by atoms with Crippen molar-refractivity contribution in [3.05, 3.63) is 41.5 Å². The highest BCUT2D eigenvalue weighted by molar-refractivity contribution is 8.00.